The van der Waals surface area contributed by atoms with E-state index in [-0.39, 0.29) is 12.3 Å². The van der Waals surface area contributed by atoms with Crippen molar-refractivity contribution in [3.8, 4) is 5.75 Å². The molecule has 0 aliphatic rings. The molecule has 2 aromatic carbocycles. The first-order chi connectivity index (χ1) is 11.1. The standard InChI is InChI=1S/C16H15N3O4/c1-12(13-6-5-7-14(10-13)19(21)22)17-18-16(20)11-23-15-8-3-2-4-9-15/h2-10H,11H2,1H3,(H,18,20)/b17-12-. The maximum Gasteiger partial charge on any atom is 0.277 e. The summed E-state index contributed by atoms with van der Waals surface area (Å²) in [4.78, 5) is 21.9. The summed E-state index contributed by atoms with van der Waals surface area (Å²) in [5, 5.41) is 14.7. The zero-order chi connectivity index (χ0) is 16.7. The van der Waals surface area contributed by atoms with Crippen molar-refractivity contribution in [2.75, 3.05) is 6.61 Å². The zero-order valence-electron chi connectivity index (χ0n) is 12.4. The number of nitrogens with one attached hydrogen (secondary N) is 1. The van der Waals surface area contributed by atoms with E-state index in [2.05, 4.69) is 10.5 Å². The molecule has 7 heteroatoms. The maximum atomic E-state index is 11.7. The molecular formula is C16H15N3O4. The molecule has 2 aromatic rings. The van der Waals surface area contributed by atoms with Crippen LogP contribution in [-0.2, 0) is 4.79 Å². The number of non-ortho nitro benzene ring substituents is 1. The van der Waals surface area contributed by atoms with Crippen molar-refractivity contribution in [2.24, 2.45) is 5.10 Å². The van der Waals surface area contributed by atoms with Gasteiger partial charge in [-0.25, -0.2) is 5.43 Å². The van der Waals surface area contributed by atoms with Gasteiger partial charge in [0, 0.05) is 17.7 Å². The number of carbonyl (C=O) groups is 1. The summed E-state index contributed by atoms with van der Waals surface area (Å²) in [6.07, 6.45) is 0. The fourth-order valence-electron chi connectivity index (χ4n) is 1.75. The van der Waals surface area contributed by atoms with E-state index in [4.69, 9.17) is 4.74 Å². The number of nitro groups is 1. The highest BCUT2D eigenvalue weighted by atomic mass is 16.6. The van der Waals surface area contributed by atoms with Gasteiger partial charge in [-0.3, -0.25) is 14.9 Å². The molecule has 0 radical (unpaired) electrons. The van der Waals surface area contributed by atoms with E-state index in [0.717, 1.165) is 0 Å². The molecule has 0 unspecified atom stereocenters. The highest BCUT2D eigenvalue weighted by Crippen LogP contribution is 2.13. The molecule has 0 fully saturated rings. The Morgan fingerprint density at radius 3 is 2.65 bits per heavy atom. The van der Waals surface area contributed by atoms with Crippen LogP contribution in [0.5, 0.6) is 5.75 Å². The number of nitro benzene ring substituents is 1. The number of nitrogens with zero attached hydrogens (tertiary/aromatic N) is 2. The number of amides is 1. The van der Waals surface area contributed by atoms with Crippen LogP contribution in [-0.4, -0.2) is 23.1 Å². The van der Waals surface area contributed by atoms with Gasteiger partial charge in [-0.1, -0.05) is 30.3 Å². The molecule has 0 saturated heterocycles. The van der Waals surface area contributed by atoms with Crippen molar-refractivity contribution in [3.05, 3.63) is 70.3 Å². The van der Waals surface area contributed by atoms with E-state index >= 15 is 0 Å². The average molecular weight is 313 g/mol. The van der Waals surface area contributed by atoms with Gasteiger partial charge in [-0.05, 0) is 19.1 Å². The van der Waals surface area contributed by atoms with Gasteiger partial charge in [-0.15, -0.1) is 0 Å². The first-order valence-corrected chi connectivity index (χ1v) is 6.82. The quantitative estimate of drug-likeness (QED) is 0.503. The second-order valence-corrected chi connectivity index (χ2v) is 4.64. The molecule has 0 spiro atoms. The Kier molecular flexibility index (Phi) is 5.40. The molecule has 7 nitrogen and oxygen atoms in total. The number of hydrazone groups is 1. The van der Waals surface area contributed by atoms with E-state index in [1.165, 1.54) is 12.1 Å². The summed E-state index contributed by atoms with van der Waals surface area (Å²) in [7, 11) is 0. The predicted molar refractivity (Wildman–Crippen MR) is 85.4 cm³/mol. The number of para-hydroxylation sites is 1. The van der Waals surface area contributed by atoms with E-state index in [0.29, 0.717) is 17.0 Å². The predicted octanol–water partition coefficient (Wildman–Crippen LogP) is 2.51. The first-order valence-electron chi connectivity index (χ1n) is 6.82. The van der Waals surface area contributed by atoms with Gasteiger partial charge in [0.25, 0.3) is 11.6 Å². The van der Waals surface area contributed by atoms with Crippen LogP contribution in [0.4, 0.5) is 5.69 Å². The normalized spacial score (nSPS) is 10.9. The van der Waals surface area contributed by atoms with Crippen LogP contribution < -0.4 is 10.2 Å². The molecule has 0 saturated carbocycles. The Bertz CT molecular complexity index is 729. The van der Waals surface area contributed by atoms with E-state index < -0.39 is 10.8 Å². The van der Waals surface area contributed by atoms with E-state index in [1.54, 1.807) is 43.3 Å². The van der Waals surface area contributed by atoms with Crippen LogP contribution in [0.2, 0.25) is 0 Å². The lowest BCUT2D eigenvalue weighted by Gasteiger charge is -2.05. The molecule has 0 atom stereocenters. The van der Waals surface area contributed by atoms with E-state index in [1.807, 2.05) is 6.07 Å². The molecule has 23 heavy (non-hydrogen) atoms. The minimum atomic E-state index is -0.483. The highest BCUT2D eigenvalue weighted by molar-refractivity contribution is 5.99. The summed E-state index contributed by atoms with van der Waals surface area (Å²) in [6, 6.07) is 15.0. The average Bonchev–Trinajstić information content (AvgIpc) is 2.58. The summed E-state index contributed by atoms with van der Waals surface area (Å²) in [5.41, 5.74) is 3.34. The van der Waals surface area contributed by atoms with Gasteiger partial charge in [0.2, 0.25) is 0 Å². The SMILES string of the molecule is C/C(=N/NC(=O)COc1ccccc1)c1cccc([N+](=O)[O-])c1. The van der Waals surface area contributed by atoms with Crippen LogP contribution in [0.1, 0.15) is 12.5 Å². The molecule has 0 aliphatic heterocycles. The fraction of sp³-hybridized carbons (Fsp3) is 0.125. The summed E-state index contributed by atoms with van der Waals surface area (Å²) in [6.45, 7) is 1.48. The van der Waals surface area contributed by atoms with Gasteiger partial charge in [0.15, 0.2) is 6.61 Å². The monoisotopic (exact) mass is 313 g/mol. The van der Waals surface area contributed by atoms with Gasteiger partial charge >= 0.3 is 0 Å². The number of carbonyl (C=O) groups excluding carboxylic acids is 1. The third kappa shape index (κ3) is 4.92. The lowest BCUT2D eigenvalue weighted by molar-refractivity contribution is -0.384. The fourth-order valence-corrected chi connectivity index (χ4v) is 1.75. The van der Waals surface area contributed by atoms with Crippen LogP contribution in [0.25, 0.3) is 0 Å². The van der Waals surface area contributed by atoms with Crippen LogP contribution in [0, 0.1) is 10.1 Å². The molecule has 0 aliphatic carbocycles. The molecule has 1 amide bonds. The number of ether oxygens (including phenoxy) is 1. The second-order valence-electron chi connectivity index (χ2n) is 4.64. The molecule has 0 bridgehead atoms. The molecule has 118 valence electrons. The second kappa shape index (κ2) is 7.69. The molecule has 0 heterocycles. The summed E-state index contributed by atoms with van der Waals surface area (Å²) < 4.78 is 5.29. The van der Waals surface area contributed by atoms with Crippen molar-refractivity contribution in [2.45, 2.75) is 6.92 Å². The largest absolute Gasteiger partial charge is 0.484 e. The summed E-state index contributed by atoms with van der Waals surface area (Å²) >= 11 is 0. The smallest absolute Gasteiger partial charge is 0.277 e. The maximum absolute atomic E-state index is 11.7. The zero-order valence-corrected chi connectivity index (χ0v) is 12.4. The van der Waals surface area contributed by atoms with Crippen LogP contribution >= 0.6 is 0 Å². The third-order valence-corrected chi connectivity index (χ3v) is 2.94. The Balaban J connectivity index is 1.92. The van der Waals surface area contributed by atoms with Crippen molar-refractivity contribution < 1.29 is 14.5 Å². The highest BCUT2D eigenvalue weighted by Gasteiger charge is 2.08. The minimum Gasteiger partial charge on any atom is -0.484 e. The Morgan fingerprint density at radius 2 is 1.96 bits per heavy atom. The number of hydrogen-bond donors (Lipinski definition) is 1. The topological polar surface area (TPSA) is 93.8 Å². The van der Waals surface area contributed by atoms with Crippen molar-refractivity contribution in [1.29, 1.82) is 0 Å². The molecule has 0 aromatic heterocycles. The van der Waals surface area contributed by atoms with Gasteiger partial charge < -0.3 is 4.74 Å². The Hall–Kier alpha value is -3.22. The number of rotatable bonds is 6. The van der Waals surface area contributed by atoms with Crippen molar-refractivity contribution >= 4 is 17.3 Å². The van der Waals surface area contributed by atoms with Gasteiger partial charge in [0.1, 0.15) is 5.75 Å². The van der Waals surface area contributed by atoms with E-state index in [9.17, 15) is 14.9 Å². The molecular weight excluding hydrogens is 298 g/mol. The molecule has 1 N–H and O–H groups in total. The summed E-state index contributed by atoms with van der Waals surface area (Å²) in [5.74, 6) is 0.167. The Morgan fingerprint density at radius 1 is 1.22 bits per heavy atom. The van der Waals surface area contributed by atoms with Crippen molar-refractivity contribution in [1.82, 2.24) is 5.43 Å². The van der Waals surface area contributed by atoms with Gasteiger partial charge in [-0.2, -0.15) is 5.10 Å². The lowest BCUT2D eigenvalue weighted by Crippen LogP contribution is -2.25. The van der Waals surface area contributed by atoms with Gasteiger partial charge in [0.05, 0.1) is 10.6 Å². The molecule has 2 rings (SSSR count). The number of hydrogen-bond acceptors (Lipinski definition) is 5. The third-order valence-electron chi connectivity index (χ3n) is 2.94. The minimum absolute atomic E-state index is 0.0317. The Labute approximate surface area is 132 Å². The lowest BCUT2D eigenvalue weighted by atomic mass is 10.1. The first kappa shape index (κ1) is 16.2. The van der Waals surface area contributed by atoms with Crippen LogP contribution in [0.3, 0.4) is 0 Å². The number of benzene rings is 2. The van der Waals surface area contributed by atoms with Crippen molar-refractivity contribution in [3.63, 3.8) is 0 Å². The van der Waals surface area contributed by atoms with Crippen LogP contribution in [0.15, 0.2) is 59.7 Å².